The number of benzene rings is 1. The SMILES string of the molecule is COc1cc(-c2cnc(C)s2)c(F)cc1-c1ccc(Cl)nn1. The Morgan fingerprint density at radius 1 is 1.18 bits per heavy atom. The van der Waals surface area contributed by atoms with E-state index in [4.69, 9.17) is 16.3 Å². The van der Waals surface area contributed by atoms with Crippen LogP contribution in [0.15, 0.2) is 30.5 Å². The largest absolute Gasteiger partial charge is 0.496 e. The molecule has 3 aromatic rings. The molecule has 2 aromatic heterocycles. The summed E-state index contributed by atoms with van der Waals surface area (Å²) in [5.74, 6) is 0.148. The van der Waals surface area contributed by atoms with Gasteiger partial charge in [-0.3, -0.25) is 0 Å². The number of halogens is 2. The average Bonchev–Trinajstić information content (AvgIpc) is 2.94. The van der Waals surface area contributed by atoms with Gasteiger partial charge in [-0.1, -0.05) is 11.6 Å². The quantitative estimate of drug-likeness (QED) is 0.712. The van der Waals surface area contributed by atoms with E-state index in [2.05, 4.69) is 15.2 Å². The number of aryl methyl sites for hydroxylation is 1. The lowest BCUT2D eigenvalue weighted by Gasteiger charge is -2.10. The van der Waals surface area contributed by atoms with Crippen LogP contribution in [0.4, 0.5) is 4.39 Å². The molecule has 0 saturated heterocycles. The minimum absolute atomic E-state index is 0.278. The first-order chi connectivity index (χ1) is 10.6. The highest BCUT2D eigenvalue weighted by atomic mass is 35.5. The van der Waals surface area contributed by atoms with E-state index in [1.54, 1.807) is 24.4 Å². The zero-order valence-electron chi connectivity index (χ0n) is 11.8. The fourth-order valence-electron chi connectivity index (χ4n) is 2.06. The summed E-state index contributed by atoms with van der Waals surface area (Å²) < 4.78 is 19.8. The Hall–Kier alpha value is -2.05. The predicted molar refractivity (Wildman–Crippen MR) is 84.8 cm³/mol. The molecule has 0 unspecified atom stereocenters. The molecule has 0 bridgehead atoms. The number of methoxy groups -OCH3 is 1. The first-order valence-corrected chi connectivity index (χ1v) is 7.58. The molecular formula is C15H11ClFN3OS. The van der Waals surface area contributed by atoms with Gasteiger partial charge in [0.1, 0.15) is 11.6 Å². The van der Waals surface area contributed by atoms with Crippen LogP contribution in [0.2, 0.25) is 5.15 Å². The van der Waals surface area contributed by atoms with Gasteiger partial charge in [-0.25, -0.2) is 9.37 Å². The third kappa shape index (κ3) is 2.80. The molecule has 7 heteroatoms. The molecular weight excluding hydrogens is 325 g/mol. The van der Waals surface area contributed by atoms with Crippen molar-refractivity contribution in [1.29, 1.82) is 0 Å². The van der Waals surface area contributed by atoms with Crippen LogP contribution in [-0.4, -0.2) is 22.3 Å². The van der Waals surface area contributed by atoms with Crippen LogP contribution >= 0.6 is 22.9 Å². The number of nitrogens with zero attached hydrogens (tertiary/aromatic N) is 3. The molecule has 0 saturated carbocycles. The summed E-state index contributed by atoms with van der Waals surface area (Å²) in [4.78, 5) is 4.91. The number of hydrogen-bond donors (Lipinski definition) is 0. The molecule has 2 heterocycles. The van der Waals surface area contributed by atoms with Crippen LogP contribution in [0.25, 0.3) is 21.7 Å². The van der Waals surface area contributed by atoms with Gasteiger partial charge in [-0.15, -0.1) is 21.5 Å². The van der Waals surface area contributed by atoms with Crippen LogP contribution in [0.5, 0.6) is 5.75 Å². The highest BCUT2D eigenvalue weighted by molar-refractivity contribution is 7.15. The molecule has 3 rings (SSSR count). The van der Waals surface area contributed by atoms with Crippen molar-refractivity contribution in [3.8, 4) is 27.4 Å². The molecule has 0 atom stereocenters. The summed E-state index contributed by atoms with van der Waals surface area (Å²) in [6.45, 7) is 1.88. The van der Waals surface area contributed by atoms with E-state index in [0.717, 1.165) is 9.88 Å². The summed E-state index contributed by atoms with van der Waals surface area (Å²) >= 11 is 7.15. The van der Waals surface area contributed by atoms with Crippen molar-refractivity contribution in [3.63, 3.8) is 0 Å². The van der Waals surface area contributed by atoms with Gasteiger partial charge in [-0.2, -0.15) is 0 Å². The van der Waals surface area contributed by atoms with E-state index in [-0.39, 0.29) is 11.0 Å². The molecule has 0 aliphatic carbocycles. The molecule has 0 N–H and O–H groups in total. The number of rotatable bonds is 3. The standard InChI is InChI=1S/C15H11ClFN3OS/c1-8-18-7-14(22-8)9-6-13(21-2)10(5-11(9)17)12-3-4-15(16)20-19-12/h3-7H,1-2H3. The van der Waals surface area contributed by atoms with Crippen molar-refractivity contribution in [1.82, 2.24) is 15.2 Å². The summed E-state index contributed by atoms with van der Waals surface area (Å²) in [5.41, 5.74) is 1.47. The Morgan fingerprint density at radius 2 is 2.00 bits per heavy atom. The van der Waals surface area contributed by atoms with Gasteiger partial charge in [-0.05, 0) is 31.2 Å². The van der Waals surface area contributed by atoms with Gasteiger partial charge in [0, 0.05) is 17.3 Å². The molecule has 112 valence electrons. The molecule has 0 aliphatic heterocycles. The molecule has 0 amide bonds. The van der Waals surface area contributed by atoms with E-state index < -0.39 is 0 Å². The molecule has 1 aromatic carbocycles. The van der Waals surface area contributed by atoms with Crippen molar-refractivity contribution in [2.24, 2.45) is 0 Å². The third-order valence-electron chi connectivity index (χ3n) is 3.08. The van der Waals surface area contributed by atoms with Crippen LogP contribution in [0.1, 0.15) is 5.01 Å². The zero-order chi connectivity index (χ0) is 15.7. The third-order valence-corrected chi connectivity index (χ3v) is 4.23. The van der Waals surface area contributed by atoms with Crippen molar-refractivity contribution < 1.29 is 9.13 Å². The monoisotopic (exact) mass is 335 g/mol. The van der Waals surface area contributed by atoms with Gasteiger partial charge in [0.15, 0.2) is 5.15 Å². The van der Waals surface area contributed by atoms with Crippen LogP contribution in [-0.2, 0) is 0 Å². The number of aromatic nitrogens is 3. The van der Waals surface area contributed by atoms with E-state index in [9.17, 15) is 4.39 Å². The molecule has 0 fully saturated rings. The second-order valence-corrected chi connectivity index (χ2v) is 6.14. The first-order valence-electron chi connectivity index (χ1n) is 6.38. The van der Waals surface area contributed by atoms with Gasteiger partial charge in [0.2, 0.25) is 0 Å². The predicted octanol–water partition coefficient (Wildman–Crippen LogP) is 4.38. The summed E-state index contributed by atoms with van der Waals surface area (Å²) in [5, 5.41) is 8.89. The molecule has 0 spiro atoms. The topological polar surface area (TPSA) is 47.9 Å². The minimum Gasteiger partial charge on any atom is -0.496 e. The normalized spacial score (nSPS) is 10.7. The Balaban J connectivity index is 2.13. The lowest BCUT2D eigenvalue weighted by atomic mass is 10.1. The summed E-state index contributed by atoms with van der Waals surface area (Å²) in [6, 6.07) is 6.31. The second-order valence-electron chi connectivity index (χ2n) is 4.52. The molecule has 0 aliphatic rings. The maximum absolute atomic E-state index is 14.5. The maximum atomic E-state index is 14.5. The second kappa shape index (κ2) is 5.98. The lowest BCUT2D eigenvalue weighted by molar-refractivity contribution is 0.415. The fourth-order valence-corrected chi connectivity index (χ4v) is 2.95. The molecule has 0 radical (unpaired) electrons. The van der Waals surface area contributed by atoms with E-state index in [1.165, 1.54) is 24.5 Å². The van der Waals surface area contributed by atoms with Crippen molar-refractivity contribution in [2.45, 2.75) is 6.92 Å². The zero-order valence-corrected chi connectivity index (χ0v) is 13.4. The van der Waals surface area contributed by atoms with Crippen molar-refractivity contribution in [2.75, 3.05) is 7.11 Å². The fraction of sp³-hybridized carbons (Fsp3) is 0.133. The van der Waals surface area contributed by atoms with Crippen LogP contribution in [0.3, 0.4) is 0 Å². The van der Waals surface area contributed by atoms with Crippen LogP contribution < -0.4 is 4.74 Å². The maximum Gasteiger partial charge on any atom is 0.151 e. The minimum atomic E-state index is -0.365. The average molecular weight is 336 g/mol. The van der Waals surface area contributed by atoms with Crippen LogP contribution in [0, 0.1) is 12.7 Å². The van der Waals surface area contributed by atoms with Gasteiger partial charge >= 0.3 is 0 Å². The van der Waals surface area contributed by atoms with Crippen molar-refractivity contribution >= 4 is 22.9 Å². The van der Waals surface area contributed by atoms with E-state index in [1.807, 2.05) is 6.92 Å². The highest BCUT2D eigenvalue weighted by Crippen LogP contribution is 2.37. The van der Waals surface area contributed by atoms with E-state index in [0.29, 0.717) is 22.6 Å². The van der Waals surface area contributed by atoms with Gasteiger partial charge in [0.25, 0.3) is 0 Å². The Bertz CT molecular complexity index is 820. The Morgan fingerprint density at radius 3 is 2.59 bits per heavy atom. The number of hydrogen-bond acceptors (Lipinski definition) is 5. The smallest absolute Gasteiger partial charge is 0.151 e. The van der Waals surface area contributed by atoms with Crippen molar-refractivity contribution in [3.05, 3.63) is 46.4 Å². The molecule has 4 nitrogen and oxygen atoms in total. The lowest BCUT2D eigenvalue weighted by Crippen LogP contribution is -1.95. The van der Waals surface area contributed by atoms with Gasteiger partial charge < -0.3 is 4.74 Å². The van der Waals surface area contributed by atoms with E-state index >= 15 is 0 Å². The number of thiazole rings is 1. The first kappa shape index (κ1) is 14.9. The number of ether oxygens (including phenoxy) is 1. The Labute approximate surface area is 135 Å². The summed E-state index contributed by atoms with van der Waals surface area (Å²) in [7, 11) is 1.53. The summed E-state index contributed by atoms with van der Waals surface area (Å²) in [6.07, 6.45) is 1.65. The highest BCUT2D eigenvalue weighted by Gasteiger charge is 2.16. The Kier molecular flexibility index (Phi) is 4.04. The molecule has 22 heavy (non-hydrogen) atoms. The van der Waals surface area contributed by atoms with Gasteiger partial charge in [0.05, 0.1) is 22.7 Å².